The number of thiazole rings is 1. The van der Waals surface area contributed by atoms with E-state index in [1.54, 1.807) is 42.3 Å². The fourth-order valence-electron chi connectivity index (χ4n) is 3.18. The Labute approximate surface area is 169 Å². The molecule has 0 bridgehead atoms. The van der Waals surface area contributed by atoms with Crippen molar-refractivity contribution in [3.63, 3.8) is 0 Å². The predicted octanol–water partition coefficient (Wildman–Crippen LogP) is 3.20. The minimum Gasteiger partial charge on any atom is -0.497 e. The average molecular weight is 412 g/mol. The van der Waals surface area contributed by atoms with E-state index in [1.165, 1.54) is 12.1 Å². The van der Waals surface area contributed by atoms with E-state index in [4.69, 9.17) is 4.74 Å². The van der Waals surface area contributed by atoms with Crippen LogP contribution in [-0.4, -0.2) is 35.4 Å². The number of ether oxygens (including phenoxy) is 1. The first-order chi connectivity index (χ1) is 13.9. The molecule has 1 aromatic heterocycles. The van der Waals surface area contributed by atoms with Gasteiger partial charge in [0.05, 0.1) is 28.2 Å². The maximum absolute atomic E-state index is 12.6. The van der Waals surface area contributed by atoms with Crippen molar-refractivity contribution in [3.05, 3.63) is 52.6 Å². The molecule has 0 aliphatic carbocycles. The molecule has 1 fully saturated rings. The maximum atomic E-state index is 12.6. The summed E-state index contributed by atoms with van der Waals surface area (Å²) in [4.78, 5) is 41.3. The van der Waals surface area contributed by atoms with Crippen molar-refractivity contribution in [1.82, 2.24) is 4.98 Å². The van der Waals surface area contributed by atoms with Crippen LogP contribution in [0.4, 0.5) is 16.5 Å². The van der Waals surface area contributed by atoms with Gasteiger partial charge in [0.1, 0.15) is 5.75 Å². The lowest BCUT2D eigenvalue weighted by Gasteiger charge is -2.16. The number of nitro benzene ring substituents is 1. The number of nitro groups is 1. The van der Waals surface area contributed by atoms with Crippen molar-refractivity contribution >= 4 is 49.9 Å². The summed E-state index contributed by atoms with van der Waals surface area (Å²) in [5, 5.41) is 14.0. The first kappa shape index (κ1) is 18.8. The lowest BCUT2D eigenvalue weighted by molar-refractivity contribution is -0.384. The number of hydrogen-bond acceptors (Lipinski definition) is 7. The Balaban J connectivity index is 1.46. The number of nitrogens with zero attached hydrogens (tertiary/aromatic N) is 3. The second-order valence-corrected chi connectivity index (χ2v) is 7.55. The molecule has 0 spiro atoms. The number of non-ortho nitro benzene ring substituents is 1. The Kier molecular flexibility index (Phi) is 4.85. The molecule has 1 atom stereocenters. The Morgan fingerprint density at radius 1 is 1.31 bits per heavy atom. The minimum atomic E-state index is -0.508. The number of aromatic nitrogens is 1. The van der Waals surface area contributed by atoms with Crippen molar-refractivity contribution in [2.24, 2.45) is 5.92 Å². The second kappa shape index (κ2) is 7.47. The number of methoxy groups -OCH3 is 1. The average Bonchev–Trinajstić information content (AvgIpc) is 3.30. The zero-order valence-corrected chi connectivity index (χ0v) is 16.1. The van der Waals surface area contributed by atoms with E-state index in [9.17, 15) is 19.7 Å². The normalized spacial score (nSPS) is 16.2. The number of amides is 2. The van der Waals surface area contributed by atoms with Gasteiger partial charge >= 0.3 is 0 Å². The summed E-state index contributed by atoms with van der Waals surface area (Å²) in [7, 11) is 1.57. The minimum absolute atomic E-state index is 0.0319. The summed E-state index contributed by atoms with van der Waals surface area (Å²) < 4.78 is 5.73. The van der Waals surface area contributed by atoms with Gasteiger partial charge in [0, 0.05) is 30.8 Å². The number of nitrogens with one attached hydrogen (secondary N) is 1. The first-order valence-corrected chi connectivity index (χ1v) is 9.56. The van der Waals surface area contributed by atoms with Crippen LogP contribution in [-0.2, 0) is 9.59 Å². The molecule has 4 rings (SSSR count). The van der Waals surface area contributed by atoms with Gasteiger partial charge in [0.2, 0.25) is 11.8 Å². The highest BCUT2D eigenvalue weighted by Crippen LogP contribution is 2.31. The van der Waals surface area contributed by atoms with Crippen LogP contribution in [0.25, 0.3) is 10.2 Å². The third kappa shape index (κ3) is 3.74. The zero-order valence-electron chi connectivity index (χ0n) is 15.3. The molecule has 148 valence electrons. The molecule has 1 saturated heterocycles. The Morgan fingerprint density at radius 3 is 2.76 bits per heavy atom. The van der Waals surface area contributed by atoms with Gasteiger partial charge < -0.3 is 15.0 Å². The standard InChI is InChI=1S/C19H16N4O5S/c1-28-14-5-2-12(3-6-14)22-10-11(8-17(22)24)18(25)21-19-20-15-7-4-13(23(26)27)9-16(15)29-19/h2-7,9,11H,8,10H2,1H3,(H,20,21,25)/t11-/m1/s1. The molecule has 0 unspecified atom stereocenters. The Hall–Kier alpha value is -3.53. The number of hydrogen-bond donors (Lipinski definition) is 1. The number of benzene rings is 2. The van der Waals surface area contributed by atoms with Gasteiger partial charge in [-0.2, -0.15) is 0 Å². The van der Waals surface area contributed by atoms with Crippen molar-refractivity contribution < 1.29 is 19.2 Å². The van der Waals surface area contributed by atoms with Gasteiger partial charge in [-0.05, 0) is 30.3 Å². The Bertz CT molecular complexity index is 1110. The van der Waals surface area contributed by atoms with Crippen LogP contribution in [0.2, 0.25) is 0 Å². The molecule has 1 aliphatic rings. The number of carbonyl (C=O) groups excluding carboxylic acids is 2. The molecule has 1 N–H and O–H groups in total. The van der Waals surface area contributed by atoms with Crippen molar-refractivity contribution in [1.29, 1.82) is 0 Å². The highest BCUT2D eigenvalue weighted by molar-refractivity contribution is 7.22. The fourth-order valence-corrected chi connectivity index (χ4v) is 4.08. The van der Waals surface area contributed by atoms with Crippen LogP contribution in [0.5, 0.6) is 5.75 Å². The van der Waals surface area contributed by atoms with Gasteiger partial charge in [-0.1, -0.05) is 11.3 Å². The summed E-state index contributed by atoms with van der Waals surface area (Å²) in [6.07, 6.45) is 0.105. The van der Waals surface area contributed by atoms with Crippen LogP contribution in [0, 0.1) is 16.0 Å². The molecule has 3 aromatic rings. The maximum Gasteiger partial charge on any atom is 0.270 e. The van der Waals surface area contributed by atoms with E-state index in [-0.39, 0.29) is 30.5 Å². The van der Waals surface area contributed by atoms with Crippen LogP contribution < -0.4 is 15.0 Å². The monoisotopic (exact) mass is 412 g/mol. The van der Waals surface area contributed by atoms with Crippen LogP contribution in [0.3, 0.4) is 0 Å². The largest absolute Gasteiger partial charge is 0.497 e. The zero-order chi connectivity index (χ0) is 20.5. The number of fused-ring (bicyclic) bond motifs is 1. The topological polar surface area (TPSA) is 115 Å². The summed E-state index contributed by atoms with van der Waals surface area (Å²) in [5.41, 5.74) is 1.24. The van der Waals surface area contributed by atoms with E-state index in [2.05, 4.69) is 10.3 Å². The van der Waals surface area contributed by atoms with E-state index >= 15 is 0 Å². The van der Waals surface area contributed by atoms with Gasteiger partial charge in [-0.15, -0.1) is 0 Å². The van der Waals surface area contributed by atoms with E-state index in [0.29, 0.717) is 26.8 Å². The van der Waals surface area contributed by atoms with Gasteiger partial charge in [0.25, 0.3) is 5.69 Å². The molecule has 10 heteroatoms. The van der Waals surface area contributed by atoms with Gasteiger partial charge in [-0.3, -0.25) is 19.7 Å². The van der Waals surface area contributed by atoms with Crippen molar-refractivity contribution in [2.75, 3.05) is 23.9 Å². The van der Waals surface area contributed by atoms with Gasteiger partial charge in [-0.25, -0.2) is 4.98 Å². The molecule has 2 heterocycles. The lowest BCUT2D eigenvalue weighted by Crippen LogP contribution is -2.28. The smallest absolute Gasteiger partial charge is 0.270 e. The highest BCUT2D eigenvalue weighted by atomic mass is 32.1. The number of anilines is 2. The molecule has 0 saturated carbocycles. The SMILES string of the molecule is COc1ccc(N2C[C@H](C(=O)Nc3nc4ccc([N+](=O)[O-])cc4s3)CC2=O)cc1. The number of carbonyl (C=O) groups is 2. The summed E-state index contributed by atoms with van der Waals surface area (Å²) in [5.74, 6) is -0.255. The number of rotatable bonds is 5. The third-order valence-electron chi connectivity index (χ3n) is 4.69. The quantitative estimate of drug-likeness (QED) is 0.508. The molecular weight excluding hydrogens is 396 g/mol. The van der Waals surface area contributed by atoms with Crippen molar-refractivity contribution in [3.8, 4) is 5.75 Å². The fraction of sp³-hybridized carbons (Fsp3) is 0.211. The summed E-state index contributed by atoms with van der Waals surface area (Å²) in [6.45, 7) is 0.271. The van der Waals surface area contributed by atoms with Gasteiger partial charge in [0.15, 0.2) is 5.13 Å². The summed E-state index contributed by atoms with van der Waals surface area (Å²) in [6, 6.07) is 11.4. The molecule has 9 nitrogen and oxygen atoms in total. The molecule has 2 amide bonds. The molecule has 29 heavy (non-hydrogen) atoms. The first-order valence-electron chi connectivity index (χ1n) is 8.75. The van der Waals surface area contributed by atoms with Crippen LogP contribution >= 0.6 is 11.3 Å². The predicted molar refractivity (Wildman–Crippen MR) is 108 cm³/mol. The van der Waals surface area contributed by atoms with Crippen LogP contribution in [0.15, 0.2) is 42.5 Å². The van der Waals surface area contributed by atoms with E-state index in [0.717, 1.165) is 11.3 Å². The highest BCUT2D eigenvalue weighted by Gasteiger charge is 2.35. The van der Waals surface area contributed by atoms with E-state index in [1.807, 2.05) is 0 Å². The summed E-state index contributed by atoms with van der Waals surface area (Å²) >= 11 is 1.16. The second-order valence-electron chi connectivity index (χ2n) is 6.52. The third-order valence-corrected chi connectivity index (χ3v) is 5.63. The molecule has 0 radical (unpaired) electrons. The van der Waals surface area contributed by atoms with E-state index < -0.39 is 10.8 Å². The molecule has 1 aliphatic heterocycles. The van der Waals surface area contributed by atoms with Crippen LogP contribution in [0.1, 0.15) is 6.42 Å². The molecule has 2 aromatic carbocycles. The Morgan fingerprint density at radius 2 is 2.07 bits per heavy atom. The molecular formula is C19H16N4O5S. The lowest BCUT2D eigenvalue weighted by atomic mass is 10.1. The van der Waals surface area contributed by atoms with Crippen molar-refractivity contribution in [2.45, 2.75) is 6.42 Å².